The predicted molar refractivity (Wildman–Crippen MR) is 67.7 cm³/mol. The lowest BCUT2D eigenvalue weighted by molar-refractivity contribution is -0.147. The number of nitrogens with zero attached hydrogens (tertiary/aromatic N) is 2. The topological polar surface area (TPSA) is 70.5 Å². The zero-order valence-electron chi connectivity index (χ0n) is 11.7. The van der Waals surface area contributed by atoms with Crippen LogP contribution in [-0.2, 0) is 11.0 Å². The fourth-order valence-corrected chi connectivity index (χ4v) is 1.75. The van der Waals surface area contributed by atoms with Crippen LogP contribution in [0.3, 0.4) is 0 Å². The van der Waals surface area contributed by atoms with Gasteiger partial charge in [-0.05, 0) is 32.9 Å². The lowest BCUT2D eigenvalue weighted by atomic mass is 10.0. The van der Waals surface area contributed by atoms with E-state index in [0.717, 1.165) is 17.2 Å². The summed E-state index contributed by atoms with van der Waals surface area (Å²) in [5.41, 5.74) is -2.69. The third-order valence-corrected chi connectivity index (χ3v) is 3.06. The Kier molecular flexibility index (Phi) is 4.60. The molecule has 1 aromatic rings. The number of hydrogen-bond donors (Lipinski definition) is 1. The number of carbonyl (C=O) groups excluding carboxylic acids is 1. The van der Waals surface area contributed by atoms with E-state index in [4.69, 9.17) is 5.11 Å². The molecule has 21 heavy (non-hydrogen) atoms. The summed E-state index contributed by atoms with van der Waals surface area (Å²) in [6, 6.07) is 1.67. The third-order valence-electron chi connectivity index (χ3n) is 3.06. The molecule has 0 saturated carbocycles. The van der Waals surface area contributed by atoms with Crippen LogP contribution >= 0.6 is 0 Å². The Morgan fingerprint density at radius 2 is 1.86 bits per heavy atom. The Bertz CT molecular complexity index is 539. The van der Waals surface area contributed by atoms with Gasteiger partial charge in [-0.2, -0.15) is 13.2 Å². The predicted octanol–water partition coefficient (Wildman–Crippen LogP) is 2.43. The number of likely N-dealkylation sites (N-methyl/N-ethyl adjacent to an activating group) is 1. The summed E-state index contributed by atoms with van der Waals surface area (Å²) in [6.07, 6.45) is -3.79. The molecule has 1 rings (SSSR count). The highest BCUT2D eigenvalue weighted by Crippen LogP contribution is 2.27. The van der Waals surface area contributed by atoms with E-state index < -0.39 is 29.3 Å². The molecule has 0 spiro atoms. The molecule has 0 bridgehead atoms. The van der Waals surface area contributed by atoms with Crippen LogP contribution in [0, 0.1) is 0 Å². The fourth-order valence-electron chi connectivity index (χ4n) is 1.75. The van der Waals surface area contributed by atoms with E-state index in [1.165, 1.54) is 13.8 Å². The van der Waals surface area contributed by atoms with Gasteiger partial charge in [0.05, 0.1) is 5.56 Å². The number of halogens is 3. The molecule has 5 nitrogen and oxygen atoms in total. The number of aromatic nitrogens is 1. The number of rotatable bonds is 4. The minimum Gasteiger partial charge on any atom is -0.480 e. The minimum absolute atomic E-state index is 0.0964. The molecule has 0 aromatic carbocycles. The highest BCUT2D eigenvalue weighted by molar-refractivity contribution is 5.97. The molecule has 1 N–H and O–H groups in total. The van der Waals surface area contributed by atoms with Crippen LogP contribution in [0.5, 0.6) is 0 Å². The molecular formula is C13H15F3N2O3. The highest BCUT2D eigenvalue weighted by atomic mass is 19.4. The molecule has 0 aliphatic heterocycles. The van der Waals surface area contributed by atoms with Crippen LogP contribution in [0.15, 0.2) is 18.3 Å². The van der Waals surface area contributed by atoms with Crippen molar-refractivity contribution in [1.82, 2.24) is 9.88 Å². The van der Waals surface area contributed by atoms with Crippen molar-refractivity contribution in [3.8, 4) is 0 Å². The van der Waals surface area contributed by atoms with Gasteiger partial charge in [0, 0.05) is 12.7 Å². The second-order valence-electron chi connectivity index (χ2n) is 4.84. The van der Waals surface area contributed by atoms with Gasteiger partial charge in [-0.25, -0.2) is 4.79 Å². The van der Waals surface area contributed by atoms with Crippen molar-refractivity contribution in [2.24, 2.45) is 0 Å². The molecule has 1 aromatic heterocycles. The van der Waals surface area contributed by atoms with Gasteiger partial charge >= 0.3 is 12.1 Å². The third kappa shape index (κ3) is 3.50. The summed E-state index contributed by atoms with van der Waals surface area (Å²) in [5.74, 6) is -1.90. The lowest BCUT2D eigenvalue weighted by Crippen LogP contribution is -2.52. The van der Waals surface area contributed by atoms with Crippen molar-refractivity contribution in [1.29, 1.82) is 0 Å². The largest absolute Gasteiger partial charge is 0.480 e. The molecule has 1 heterocycles. The Labute approximate surface area is 119 Å². The molecule has 0 aliphatic carbocycles. The van der Waals surface area contributed by atoms with Crippen molar-refractivity contribution in [2.75, 3.05) is 6.54 Å². The van der Waals surface area contributed by atoms with Crippen molar-refractivity contribution in [2.45, 2.75) is 32.5 Å². The maximum Gasteiger partial charge on any atom is 0.433 e. The zero-order chi connectivity index (χ0) is 16.4. The first-order valence-electron chi connectivity index (χ1n) is 6.10. The van der Waals surface area contributed by atoms with E-state index in [-0.39, 0.29) is 12.1 Å². The molecule has 1 amide bonds. The normalized spacial score (nSPS) is 12.1. The van der Waals surface area contributed by atoms with Crippen LogP contribution in [0.1, 0.15) is 36.8 Å². The summed E-state index contributed by atoms with van der Waals surface area (Å²) >= 11 is 0. The molecule has 0 saturated heterocycles. The second-order valence-corrected chi connectivity index (χ2v) is 4.84. The van der Waals surface area contributed by atoms with Crippen molar-refractivity contribution in [3.63, 3.8) is 0 Å². The first-order chi connectivity index (χ1) is 9.51. The number of aliphatic carboxylic acids is 1. The fraction of sp³-hybridized carbons (Fsp3) is 0.462. The first-order valence-corrected chi connectivity index (χ1v) is 6.10. The van der Waals surface area contributed by atoms with E-state index in [2.05, 4.69) is 4.98 Å². The van der Waals surface area contributed by atoms with Crippen LogP contribution in [-0.4, -0.2) is 39.0 Å². The Balaban J connectivity index is 3.10. The van der Waals surface area contributed by atoms with Gasteiger partial charge < -0.3 is 10.0 Å². The van der Waals surface area contributed by atoms with Crippen molar-refractivity contribution < 1.29 is 27.9 Å². The second kappa shape index (κ2) is 5.71. The highest BCUT2D eigenvalue weighted by Gasteiger charge is 2.38. The summed E-state index contributed by atoms with van der Waals surface area (Å²) in [7, 11) is 0. The Morgan fingerprint density at radius 3 is 2.19 bits per heavy atom. The molecule has 0 radical (unpaired) electrons. The standard InChI is InChI=1S/C13H15F3N2O3/c1-4-18(12(2,3)11(20)21)10(19)8-5-6-9(17-7-8)13(14,15)16/h5-7H,4H2,1-3H3,(H,20,21). The molecule has 0 atom stereocenters. The smallest absolute Gasteiger partial charge is 0.433 e. The molecule has 8 heteroatoms. The van der Waals surface area contributed by atoms with Gasteiger partial charge in [0.15, 0.2) is 0 Å². The van der Waals surface area contributed by atoms with Crippen LogP contribution in [0.4, 0.5) is 13.2 Å². The van der Waals surface area contributed by atoms with E-state index >= 15 is 0 Å². The van der Waals surface area contributed by atoms with E-state index in [1.807, 2.05) is 0 Å². The van der Waals surface area contributed by atoms with E-state index in [0.29, 0.717) is 6.07 Å². The average Bonchev–Trinajstić information content (AvgIpc) is 2.38. The van der Waals surface area contributed by atoms with E-state index in [1.54, 1.807) is 6.92 Å². The van der Waals surface area contributed by atoms with Crippen LogP contribution in [0.2, 0.25) is 0 Å². The number of hydrogen-bond acceptors (Lipinski definition) is 3. The quantitative estimate of drug-likeness (QED) is 0.927. The molecule has 0 aliphatic rings. The molecule has 0 unspecified atom stereocenters. The Hall–Kier alpha value is -2.12. The monoisotopic (exact) mass is 304 g/mol. The number of alkyl halides is 3. The maximum absolute atomic E-state index is 12.4. The summed E-state index contributed by atoms with van der Waals surface area (Å²) in [4.78, 5) is 27.7. The van der Waals surface area contributed by atoms with Crippen LogP contribution < -0.4 is 0 Å². The van der Waals surface area contributed by atoms with Crippen LogP contribution in [0.25, 0.3) is 0 Å². The molecule has 0 fully saturated rings. The number of amides is 1. The number of carbonyl (C=O) groups is 2. The molecular weight excluding hydrogens is 289 g/mol. The van der Waals surface area contributed by atoms with E-state index in [9.17, 15) is 22.8 Å². The summed E-state index contributed by atoms with van der Waals surface area (Å²) in [5, 5.41) is 9.13. The average molecular weight is 304 g/mol. The van der Waals surface area contributed by atoms with Gasteiger partial charge in [-0.3, -0.25) is 9.78 Å². The molecule has 116 valence electrons. The SMILES string of the molecule is CCN(C(=O)c1ccc(C(F)(F)F)nc1)C(C)(C)C(=O)O. The van der Waals surface area contributed by atoms with Gasteiger partial charge in [-0.1, -0.05) is 0 Å². The van der Waals surface area contributed by atoms with Crippen molar-refractivity contribution in [3.05, 3.63) is 29.6 Å². The number of carboxylic acid groups (broad SMARTS) is 1. The summed E-state index contributed by atoms with van der Waals surface area (Å²) in [6.45, 7) is 4.36. The number of pyridine rings is 1. The Morgan fingerprint density at radius 1 is 1.29 bits per heavy atom. The van der Waals surface area contributed by atoms with Gasteiger partial charge in [0.1, 0.15) is 11.2 Å². The van der Waals surface area contributed by atoms with Gasteiger partial charge in [0.25, 0.3) is 5.91 Å². The minimum atomic E-state index is -4.59. The zero-order valence-corrected chi connectivity index (χ0v) is 11.7. The first kappa shape index (κ1) is 16.9. The number of carboxylic acids is 1. The summed E-state index contributed by atoms with van der Waals surface area (Å²) < 4.78 is 37.2. The lowest BCUT2D eigenvalue weighted by Gasteiger charge is -2.34. The van der Waals surface area contributed by atoms with Crippen molar-refractivity contribution >= 4 is 11.9 Å². The maximum atomic E-state index is 12.4. The van der Waals surface area contributed by atoms with Gasteiger partial charge in [-0.15, -0.1) is 0 Å². The van der Waals surface area contributed by atoms with Gasteiger partial charge in [0.2, 0.25) is 0 Å².